The average Bonchev–Trinajstić information content (AvgIpc) is 2.41. The Balaban J connectivity index is 2.16. The van der Waals surface area contributed by atoms with E-state index in [1.807, 2.05) is 43.3 Å². The van der Waals surface area contributed by atoms with Gasteiger partial charge in [-0.1, -0.05) is 30.3 Å². The molecule has 0 amide bonds. The highest BCUT2D eigenvalue weighted by Gasteiger charge is 2.02. The van der Waals surface area contributed by atoms with Gasteiger partial charge in [0.1, 0.15) is 0 Å². The summed E-state index contributed by atoms with van der Waals surface area (Å²) in [5.41, 5.74) is 10.8. The molecule has 2 aromatic carbocycles. The number of hydrogen-bond donors (Lipinski definition) is 1. The third-order valence-corrected chi connectivity index (χ3v) is 3.16. The van der Waals surface area contributed by atoms with E-state index in [2.05, 4.69) is 23.2 Å². The van der Waals surface area contributed by atoms with E-state index in [0.717, 1.165) is 33.4 Å². The number of nitrogen functional groups attached to an aromatic ring is 1. The maximum Gasteiger partial charge on any atom is 0.0709 e. The number of aryl methyl sites for hydroxylation is 1. The van der Waals surface area contributed by atoms with Crippen LogP contribution in [0.25, 0.3) is 22.2 Å². The molecule has 0 aliphatic heterocycles. The van der Waals surface area contributed by atoms with E-state index in [1.165, 1.54) is 0 Å². The molecule has 0 saturated heterocycles. The van der Waals surface area contributed by atoms with Crippen molar-refractivity contribution in [2.24, 2.45) is 0 Å². The van der Waals surface area contributed by atoms with Crippen LogP contribution in [0.1, 0.15) is 5.56 Å². The van der Waals surface area contributed by atoms with Gasteiger partial charge in [-0.05, 0) is 36.8 Å². The van der Waals surface area contributed by atoms with Crippen LogP contribution in [-0.4, -0.2) is 4.98 Å². The molecule has 0 spiro atoms. The number of nitrogens with zero attached hydrogens (tertiary/aromatic N) is 1. The average molecular weight is 234 g/mol. The lowest BCUT2D eigenvalue weighted by atomic mass is 10.1. The second-order valence-electron chi connectivity index (χ2n) is 4.46. The summed E-state index contributed by atoms with van der Waals surface area (Å²) in [6.07, 6.45) is 0. The summed E-state index contributed by atoms with van der Waals surface area (Å²) >= 11 is 0. The largest absolute Gasteiger partial charge is 0.399 e. The Hall–Kier alpha value is -2.35. The molecule has 3 rings (SSSR count). The molecule has 3 aromatic rings. The van der Waals surface area contributed by atoms with E-state index >= 15 is 0 Å². The van der Waals surface area contributed by atoms with Gasteiger partial charge in [-0.2, -0.15) is 0 Å². The summed E-state index contributed by atoms with van der Waals surface area (Å²) in [5, 5.41) is 1.16. The van der Waals surface area contributed by atoms with Gasteiger partial charge in [0.2, 0.25) is 0 Å². The van der Waals surface area contributed by atoms with Crippen molar-refractivity contribution in [1.29, 1.82) is 0 Å². The lowest BCUT2D eigenvalue weighted by Crippen LogP contribution is -1.91. The molecular weight excluding hydrogens is 220 g/mol. The third kappa shape index (κ3) is 1.82. The van der Waals surface area contributed by atoms with Crippen LogP contribution < -0.4 is 5.73 Å². The topological polar surface area (TPSA) is 38.9 Å². The second kappa shape index (κ2) is 4.15. The van der Waals surface area contributed by atoms with Gasteiger partial charge in [0.25, 0.3) is 0 Å². The first kappa shape index (κ1) is 10.8. The maximum absolute atomic E-state index is 5.84. The molecule has 0 radical (unpaired) electrons. The Labute approximate surface area is 106 Å². The van der Waals surface area contributed by atoms with Gasteiger partial charge in [-0.3, -0.25) is 0 Å². The van der Waals surface area contributed by atoms with Gasteiger partial charge >= 0.3 is 0 Å². The molecule has 0 atom stereocenters. The van der Waals surface area contributed by atoms with Crippen molar-refractivity contribution >= 4 is 16.6 Å². The van der Waals surface area contributed by atoms with E-state index in [1.54, 1.807) is 0 Å². The van der Waals surface area contributed by atoms with Crippen LogP contribution in [0.5, 0.6) is 0 Å². The first-order valence-electron chi connectivity index (χ1n) is 5.96. The van der Waals surface area contributed by atoms with E-state index in [4.69, 9.17) is 5.73 Å². The molecule has 0 bridgehead atoms. The molecule has 2 nitrogen and oxygen atoms in total. The number of anilines is 1. The molecule has 18 heavy (non-hydrogen) atoms. The molecule has 88 valence electrons. The monoisotopic (exact) mass is 234 g/mol. The minimum absolute atomic E-state index is 0.819. The number of hydrogen-bond acceptors (Lipinski definition) is 2. The smallest absolute Gasteiger partial charge is 0.0709 e. The van der Waals surface area contributed by atoms with Crippen molar-refractivity contribution < 1.29 is 0 Å². The quantitative estimate of drug-likeness (QED) is 0.650. The normalized spacial score (nSPS) is 10.7. The van der Waals surface area contributed by atoms with Gasteiger partial charge in [-0.15, -0.1) is 0 Å². The van der Waals surface area contributed by atoms with Gasteiger partial charge in [0, 0.05) is 16.6 Å². The Morgan fingerprint density at radius 2 is 1.78 bits per heavy atom. The highest BCUT2D eigenvalue weighted by molar-refractivity contribution is 5.81. The Bertz CT molecular complexity index is 717. The number of rotatable bonds is 1. The van der Waals surface area contributed by atoms with Crippen LogP contribution in [0.3, 0.4) is 0 Å². The number of aromatic nitrogens is 1. The summed E-state index contributed by atoms with van der Waals surface area (Å²) in [5.74, 6) is 0. The zero-order chi connectivity index (χ0) is 12.5. The fourth-order valence-corrected chi connectivity index (χ4v) is 2.06. The molecule has 0 saturated carbocycles. The van der Waals surface area contributed by atoms with E-state index in [9.17, 15) is 0 Å². The minimum atomic E-state index is 0.819. The second-order valence-corrected chi connectivity index (χ2v) is 4.46. The van der Waals surface area contributed by atoms with Gasteiger partial charge < -0.3 is 5.73 Å². The molecule has 0 aliphatic rings. The van der Waals surface area contributed by atoms with Crippen molar-refractivity contribution in [3.63, 3.8) is 0 Å². The summed E-state index contributed by atoms with van der Waals surface area (Å²) in [6, 6.07) is 18.3. The van der Waals surface area contributed by atoms with Crippen LogP contribution in [-0.2, 0) is 0 Å². The number of nitrogens with two attached hydrogens (primary N) is 1. The van der Waals surface area contributed by atoms with Crippen molar-refractivity contribution in [2.75, 3.05) is 5.73 Å². The lowest BCUT2D eigenvalue weighted by molar-refractivity contribution is 1.38. The van der Waals surface area contributed by atoms with E-state index in [-0.39, 0.29) is 0 Å². The molecule has 0 unspecified atom stereocenters. The van der Waals surface area contributed by atoms with Gasteiger partial charge in [0.15, 0.2) is 0 Å². The summed E-state index contributed by atoms with van der Waals surface area (Å²) in [7, 11) is 0. The predicted octanol–water partition coefficient (Wildman–Crippen LogP) is 3.79. The lowest BCUT2D eigenvalue weighted by Gasteiger charge is -2.06. The molecule has 1 aromatic heterocycles. The summed E-state index contributed by atoms with van der Waals surface area (Å²) < 4.78 is 0. The maximum atomic E-state index is 5.84. The SMILES string of the molecule is Cc1cc(-c2ccc3ccccc3n2)ccc1N. The van der Waals surface area contributed by atoms with Crippen LogP contribution in [0.15, 0.2) is 54.6 Å². The standard InChI is InChI=1S/C16H14N2/c1-11-10-13(6-8-14(11)17)16-9-7-12-4-2-3-5-15(12)18-16/h2-10H,17H2,1H3. The molecule has 1 heterocycles. The Morgan fingerprint density at radius 3 is 2.61 bits per heavy atom. The minimum Gasteiger partial charge on any atom is -0.399 e. The van der Waals surface area contributed by atoms with Crippen molar-refractivity contribution in [2.45, 2.75) is 6.92 Å². The van der Waals surface area contributed by atoms with Crippen LogP contribution >= 0.6 is 0 Å². The number of pyridine rings is 1. The zero-order valence-electron chi connectivity index (χ0n) is 10.2. The fraction of sp³-hybridized carbons (Fsp3) is 0.0625. The van der Waals surface area contributed by atoms with Crippen molar-refractivity contribution in [3.8, 4) is 11.3 Å². The van der Waals surface area contributed by atoms with E-state index < -0.39 is 0 Å². The number of fused-ring (bicyclic) bond motifs is 1. The number of para-hydroxylation sites is 1. The molecule has 0 aliphatic carbocycles. The van der Waals surface area contributed by atoms with Crippen LogP contribution in [0, 0.1) is 6.92 Å². The van der Waals surface area contributed by atoms with Gasteiger partial charge in [0.05, 0.1) is 11.2 Å². The third-order valence-electron chi connectivity index (χ3n) is 3.16. The van der Waals surface area contributed by atoms with Gasteiger partial charge in [-0.25, -0.2) is 4.98 Å². The van der Waals surface area contributed by atoms with Crippen LogP contribution in [0.2, 0.25) is 0 Å². The first-order valence-corrected chi connectivity index (χ1v) is 5.96. The number of benzene rings is 2. The van der Waals surface area contributed by atoms with E-state index in [0.29, 0.717) is 0 Å². The highest BCUT2D eigenvalue weighted by Crippen LogP contribution is 2.23. The zero-order valence-corrected chi connectivity index (χ0v) is 10.2. The van der Waals surface area contributed by atoms with Crippen molar-refractivity contribution in [1.82, 2.24) is 4.98 Å². The predicted molar refractivity (Wildman–Crippen MR) is 76.3 cm³/mol. The molecular formula is C16H14N2. The first-order chi connectivity index (χ1) is 8.74. The fourth-order valence-electron chi connectivity index (χ4n) is 2.06. The Kier molecular flexibility index (Phi) is 2.49. The van der Waals surface area contributed by atoms with Crippen LogP contribution in [0.4, 0.5) is 5.69 Å². The molecule has 0 fully saturated rings. The molecule has 2 heteroatoms. The van der Waals surface area contributed by atoms with Crippen molar-refractivity contribution in [3.05, 3.63) is 60.2 Å². The summed E-state index contributed by atoms with van der Waals surface area (Å²) in [6.45, 7) is 2.01. The summed E-state index contributed by atoms with van der Waals surface area (Å²) in [4.78, 5) is 4.68. The highest BCUT2D eigenvalue weighted by atomic mass is 14.7. The Morgan fingerprint density at radius 1 is 0.944 bits per heavy atom. The molecule has 2 N–H and O–H groups in total.